The van der Waals surface area contributed by atoms with Crippen molar-refractivity contribution in [1.82, 2.24) is 4.90 Å². The van der Waals surface area contributed by atoms with E-state index < -0.39 is 12.5 Å². The molecule has 1 aromatic rings. The standard InChI is InChI=1S/C13H11NO3S2/c1-8-4-2-3-5-9(8)6-10-12(17)14(7-11(15)16)13(18)19-10/h2-6H,7H2,1H3,(H,15,16)/p-1/b10-6+. The molecule has 1 aromatic carbocycles. The molecule has 6 heteroatoms. The summed E-state index contributed by atoms with van der Waals surface area (Å²) in [7, 11) is 0. The Hall–Kier alpha value is -1.66. The number of thioether (sulfide) groups is 1. The monoisotopic (exact) mass is 292 g/mol. The summed E-state index contributed by atoms with van der Waals surface area (Å²) in [6, 6.07) is 7.61. The number of carboxylic acid groups (broad SMARTS) is 1. The fourth-order valence-electron chi connectivity index (χ4n) is 1.66. The van der Waals surface area contributed by atoms with Crippen molar-refractivity contribution in [3.63, 3.8) is 0 Å². The van der Waals surface area contributed by atoms with Crippen LogP contribution in [0.2, 0.25) is 0 Å². The fraction of sp³-hybridized carbons (Fsp3) is 0.154. The maximum absolute atomic E-state index is 12.0. The largest absolute Gasteiger partial charge is 0.548 e. The van der Waals surface area contributed by atoms with Gasteiger partial charge in [0.15, 0.2) is 0 Å². The van der Waals surface area contributed by atoms with Gasteiger partial charge in [-0.05, 0) is 24.1 Å². The van der Waals surface area contributed by atoms with Crippen molar-refractivity contribution in [2.24, 2.45) is 0 Å². The topological polar surface area (TPSA) is 60.4 Å². The molecule has 1 aliphatic heterocycles. The average Bonchev–Trinajstić information content (AvgIpc) is 2.60. The van der Waals surface area contributed by atoms with Crippen LogP contribution in [0, 0.1) is 6.92 Å². The van der Waals surface area contributed by atoms with Crippen LogP contribution < -0.4 is 5.11 Å². The second-order valence-electron chi connectivity index (χ2n) is 4.00. The first kappa shape index (κ1) is 13.8. The predicted molar refractivity (Wildman–Crippen MR) is 76.1 cm³/mol. The third-order valence-electron chi connectivity index (χ3n) is 2.64. The van der Waals surface area contributed by atoms with E-state index in [0.717, 1.165) is 27.8 Å². The van der Waals surface area contributed by atoms with Crippen LogP contribution >= 0.6 is 24.0 Å². The van der Waals surface area contributed by atoms with Gasteiger partial charge in [-0.3, -0.25) is 9.69 Å². The zero-order chi connectivity index (χ0) is 14.0. The van der Waals surface area contributed by atoms with Crippen LogP contribution in [-0.2, 0) is 9.59 Å². The highest BCUT2D eigenvalue weighted by atomic mass is 32.2. The van der Waals surface area contributed by atoms with Gasteiger partial charge >= 0.3 is 0 Å². The highest BCUT2D eigenvalue weighted by Gasteiger charge is 2.31. The lowest BCUT2D eigenvalue weighted by Crippen LogP contribution is -2.40. The van der Waals surface area contributed by atoms with Crippen molar-refractivity contribution < 1.29 is 14.7 Å². The van der Waals surface area contributed by atoms with Crippen molar-refractivity contribution in [3.8, 4) is 0 Å². The smallest absolute Gasteiger partial charge is 0.266 e. The van der Waals surface area contributed by atoms with Crippen molar-refractivity contribution in [2.45, 2.75) is 6.92 Å². The van der Waals surface area contributed by atoms with E-state index in [0.29, 0.717) is 4.91 Å². The van der Waals surface area contributed by atoms with Crippen LogP contribution in [0.3, 0.4) is 0 Å². The van der Waals surface area contributed by atoms with Gasteiger partial charge in [-0.15, -0.1) is 0 Å². The fourth-order valence-corrected chi connectivity index (χ4v) is 2.90. The number of carbonyl (C=O) groups is 2. The molecule has 0 saturated carbocycles. The van der Waals surface area contributed by atoms with Gasteiger partial charge in [-0.25, -0.2) is 0 Å². The molecular formula is C13H10NO3S2-. The van der Waals surface area contributed by atoms with E-state index in [2.05, 4.69) is 0 Å². The molecule has 0 spiro atoms. The number of aryl methyl sites for hydroxylation is 1. The molecule has 0 bridgehead atoms. The lowest BCUT2D eigenvalue weighted by atomic mass is 10.1. The van der Waals surface area contributed by atoms with E-state index in [9.17, 15) is 14.7 Å². The number of rotatable bonds is 3. The molecule has 19 heavy (non-hydrogen) atoms. The van der Waals surface area contributed by atoms with E-state index in [1.54, 1.807) is 6.08 Å². The first-order valence-electron chi connectivity index (χ1n) is 5.50. The molecule has 0 aromatic heterocycles. The molecule has 1 amide bonds. The van der Waals surface area contributed by atoms with Crippen molar-refractivity contribution >= 4 is 46.3 Å². The number of amides is 1. The average molecular weight is 292 g/mol. The molecule has 1 fully saturated rings. The lowest BCUT2D eigenvalue weighted by molar-refractivity contribution is -0.305. The Morgan fingerprint density at radius 2 is 2.16 bits per heavy atom. The predicted octanol–water partition coefficient (Wildman–Crippen LogP) is 0.946. The van der Waals surface area contributed by atoms with Gasteiger partial charge < -0.3 is 9.90 Å². The van der Waals surface area contributed by atoms with Gasteiger partial charge in [-0.1, -0.05) is 48.2 Å². The zero-order valence-electron chi connectivity index (χ0n) is 10.1. The van der Waals surface area contributed by atoms with E-state index in [1.165, 1.54) is 0 Å². The third kappa shape index (κ3) is 3.02. The van der Waals surface area contributed by atoms with Crippen LogP contribution in [-0.4, -0.2) is 27.6 Å². The SMILES string of the molecule is Cc1ccccc1/C=C1/SC(=S)N(CC(=O)[O-])C1=O. The molecule has 0 unspecified atom stereocenters. The number of thiocarbonyl (C=S) groups is 1. The van der Waals surface area contributed by atoms with Gasteiger partial charge in [-0.2, -0.15) is 0 Å². The van der Waals surface area contributed by atoms with Gasteiger partial charge in [0.25, 0.3) is 5.91 Å². The molecule has 0 aliphatic carbocycles. The summed E-state index contributed by atoms with van der Waals surface area (Å²) < 4.78 is 0.244. The number of hydrogen-bond acceptors (Lipinski definition) is 5. The number of carbonyl (C=O) groups excluding carboxylic acids is 2. The minimum Gasteiger partial charge on any atom is -0.548 e. The minimum atomic E-state index is -1.33. The highest BCUT2D eigenvalue weighted by Crippen LogP contribution is 2.32. The molecule has 0 radical (unpaired) electrons. The Morgan fingerprint density at radius 1 is 1.47 bits per heavy atom. The van der Waals surface area contributed by atoms with Crippen LogP contribution in [0.5, 0.6) is 0 Å². The third-order valence-corrected chi connectivity index (χ3v) is 4.01. The molecule has 1 saturated heterocycles. The number of carboxylic acids is 1. The number of nitrogens with zero attached hydrogens (tertiary/aromatic N) is 1. The van der Waals surface area contributed by atoms with Gasteiger partial charge in [0.2, 0.25) is 0 Å². The Balaban J connectivity index is 2.28. The van der Waals surface area contributed by atoms with Gasteiger partial charge in [0, 0.05) is 0 Å². The van der Waals surface area contributed by atoms with Gasteiger partial charge in [0.1, 0.15) is 4.32 Å². The summed E-state index contributed by atoms with van der Waals surface area (Å²) in [5.74, 6) is -1.71. The highest BCUT2D eigenvalue weighted by molar-refractivity contribution is 8.26. The van der Waals surface area contributed by atoms with Crippen LogP contribution in [0.4, 0.5) is 0 Å². The lowest BCUT2D eigenvalue weighted by Gasteiger charge is -2.14. The van der Waals surface area contributed by atoms with Crippen molar-refractivity contribution in [2.75, 3.05) is 6.54 Å². The summed E-state index contributed by atoms with van der Waals surface area (Å²) in [6.07, 6.45) is 1.73. The second kappa shape index (κ2) is 5.54. The van der Waals surface area contributed by atoms with Crippen molar-refractivity contribution in [3.05, 3.63) is 40.3 Å². The molecule has 2 rings (SSSR count). The number of aliphatic carboxylic acids is 1. The first-order valence-corrected chi connectivity index (χ1v) is 6.72. The van der Waals surface area contributed by atoms with Crippen molar-refractivity contribution in [1.29, 1.82) is 0 Å². The Morgan fingerprint density at radius 3 is 2.79 bits per heavy atom. The quantitative estimate of drug-likeness (QED) is 0.613. The Labute approximate surface area is 120 Å². The van der Waals surface area contributed by atoms with E-state index in [1.807, 2.05) is 31.2 Å². The first-order chi connectivity index (χ1) is 8.99. The normalized spacial score (nSPS) is 17.3. The molecule has 98 valence electrons. The van der Waals surface area contributed by atoms with E-state index >= 15 is 0 Å². The summed E-state index contributed by atoms with van der Waals surface area (Å²) in [4.78, 5) is 24.1. The number of hydrogen-bond donors (Lipinski definition) is 0. The Bertz CT molecular complexity index is 595. The summed E-state index contributed by atoms with van der Waals surface area (Å²) >= 11 is 6.10. The van der Waals surface area contributed by atoms with Crippen LogP contribution in [0.1, 0.15) is 11.1 Å². The summed E-state index contributed by atoms with van der Waals surface area (Å²) in [6.45, 7) is 1.43. The second-order valence-corrected chi connectivity index (χ2v) is 5.67. The minimum absolute atomic E-state index is 0.244. The molecule has 1 heterocycles. The maximum atomic E-state index is 12.0. The van der Waals surface area contributed by atoms with Gasteiger partial charge in [0.05, 0.1) is 17.4 Å². The summed E-state index contributed by atoms with van der Waals surface area (Å²) in [5, 5.41) is 10.6. The van der Waals surface area contributed by atoms with Crippen LogP contribution in [0.15, 0.2) is 29.2 Å². The molecule has 0 N–H and O–H groups in total. The molecule has 4 nitrogen and oxygen atoms in total. The van der Waals surface area contributed by atoms with E-state index in [4.69, 9.17) is 12.2 Å². The maximum Gasteiger partial charge on any atom is 0.266 e. The summed E-state index contributed by atoms with van der Waals surface area (Å²) in [5.41, 5.74) is 1.95. The Kier molecular flexibility index (Phi) is 4.01. The molecule has 1 aliphatic rings. The molecular weight excluding hydrogens is 282 g/mol. The number of benzene rings is 1. The van der Waals surface area contributed by atoms with Crippen LogP contribution in [0.25, 0.3) is 6.08 Å². The zero-order valence-corrected chi connectivity index (χ0v) is 11.7. The molecule has 0 atom stereocenters. The van der Waals surface area contributed by atoms with E-state index in [-0.39, 0.29) is 10.2 Å².